The van der Waals surface area contributed by atoms with E-state index in [1.165, 1.54) is 11.3 Å². The number of halogens is 1. The van der Waals surface area contributed by atoms with Gasteiger partial charge in [-0.25, -0.2) is 9.97 Å². The fraction of sp³-hybridized carbons (Fsp3) is 0.222. The number of rotatable bonds is 5. The predicted octanol–water partition coefficient (Wildman–Crippen LogP) is 3.64. The molecular weight excluding hydrogens is 420 g/mol. The maximum atomic E-state index is 12.1. The van der Waals surface area contributed by atoms with Crippen molar-refractivity contribution >= 4 is 62.9 Å². The van der Waals surface area contributed by atoms with Crippen molar-refractivity contribution in [1.82, 2.24) is 15.3 Å². The molecule has 0 bridgehead atoms. The van der Waals surface area contributed by atoms with Crippen molar-refractivity contribution in [2.24, 2.45) is 0 Å². The van der Waals surface area contributed by atoms with Crippen molar-refractivity contribution in [3.8, 4) is 10.7 Å². The third kappa shape index (κ3) is 3.42. The van der Waals surface area contributed by atoms with Gasteiger partial charge in [0.2, 0.25) is 0 Å². The summed E-state index contributed by atoms with van der Waals surface area (Å²) >= 11 is 3.08. The van der Waals surface area contributed by atoms with Crippen molar-refractivity contribution in [1.29, 1.82) is 0 Å². The number of carbonyl (C=O) groups is 2. The molecule has 7 nitrogen and oxygen atoms in total. The van der Waals surface area contributed by atoms with E-state index in [0.717, 1.165) is 25.5 Å². The van der Waals surface area contributed by atoms with Crippen molar-refractivity contribution in [3.63, 3.8) is 0 Å². The van der Waals surface area contributed by atoms with Crippen molar-refractivity contribution in [2.75, 3.05) is 12.4 Å². The maximum absolute atomic E-state index is 12.1. The Bertz CT molecular complexity index is 1110. The lowest BCUT2D eigenvalue weighted by molar-refractivity contribution is -0.124. The summed E-state index contributed by atoms with van der Waals surface area (Å²) in [6.45, 7) is 4.06. The van der Waals surface area contributed by atoms with Gasteiger partial charge in [-0.1, -0.05) is 6.07 Å². The molecule has 4 rings (SSSR count). The minimum Gasteiger partial charge on any atom is -0.379 e. The Morgan fingerprint density at radius 3 is 2.61 bits per heavy atom. The fourth-order valence-corrected chi connectivity index (χ4v) is 4.68. The molecule has 2 amide bonds. The number of imide groups is 1. The summed E-state index contributed by atoms with van der Waals surface area (Å²) in [7, 11) is 1.65. The molecule has 4 heterocycles. The zero-order chi connectivity index (χ0) is 19.1. The molecule has 1 aliphatic rings. The van der Waals surface area contributed by atoms with Gasteiger partial charge >= 0.3 is 0 Å². The van der Waals surface area contributed by atoms with Crippen LogP contribution in [0.1, 0.15) is 17.4 Å². The van der Waals surface area contributed by atoms with Gasteiger partial charge in [0.15, 0.2) is 5.82 Å². The lowest BCUT2D eigenvalue weighted by atomic mass is 10.2. The molecule has 0 saturated heterocycles. The van der Waals surface area contributed by atoms with Gasteiger partial charge in [0.1, 0.15) is 16.3 Å². The van der Waals surface area contributed by atoms with Crippen LogP contribution in [0.2, 0.25) is 0 Å². The minimum absolute atomic E-state index is 0. The topological polar surface area (TPSA) is 93.2 Å². The van der Waals surface area contributed by atoms with Gasteiger partial charge in [0.25, 0.3) is 11.8 Å². The summed E-state index contributed by atoms with van der Waals surface area (Å²) in [6, 6.07) is 3.88. The van der Waals surface area contributed by atoms with Gasteiger partial charge in [-0.05, 0) is 30.9 Å². The average Bonchev–Trinajstić information content (AvgIpc) is 3.33. The number of fused-ring (bicyclic) bond motifs is 1. The van der Waals surface area contributed by atoms with E-state index >= 15 is 0 Å². The van der Waals surface area contributed by atoms with Crippen LogP contribution in [0, 0.1) is 6.92 Å². The van der Waals surface area contributed by atoms with Crippen molar-refractivity contribution < 1.29 is 14.3 Å². The second kappa shape index (κ2) is 7.96. The Morgan fingerprint density at radius 1 is 1.21 bits per heavy atom. The molecule has 0 spiro atoms. The van der Waals surface area contributed by atoms with Gasteiger partial charge in [-0.2, -0.15) is 0 Å². The molecule has 0 unspecified atom stereocenters. The SMILES string of the molecule is COCc1sc2nc(-c3cccs3)nc(NC3=C(C)C(=O)NC3=O)c2c1C.Cl. The van der Waals surface area contributed by atoms with Crippen LogP contribution in [-0.2, 0) is 20.9 Å². The molecule has 10 heteroatoms. The molecule has 3 aromatic rings. The molecule has 0 aliphatic carbocycles. The molecule has 0 saturated carbocycles. The number of nitrogens with zero attached hydrogens (tertiary/aromatic N) is 2. The van der Waals surface area contributed by atoms with Gasteiger partial charge in [0.05, 0.1) is 16.9 Å². The number of aryl methyl sites for hydroxylation is 1. The highest BCUT2D eigenvalue weighted by atomic mass is 35.5. The van der Waals surface area contributed by atoms with E-state index in [-0.39, 0.29) is 18.1 Å². The lowest BCUT2D eigenvalue weighted by Gasteiger charge is -2.09. The van der Waals surface area contributed by atoms with Crippen molar-refractivity contribution in [2.45, 2.75) is 20.5 Å². The normalized spacial score (nSPS) is 13.8. The van der Waals surface area contributed by atoms with Crippen molar-refractivity contribution in [3.05, 3.63) is 39.2 Å². The third-order valence-electron chi connectivity index (χ3n) is 4.32. The third-order valence-corrected chi connectivity index (χ3v) is 6.34. The van der Waals surface area contributed by atoms with Crippen LogP contribution in [0.25, 0.3) is 20.9 Å². The first-order valence-electron chi connectivity index (χ1n) is 8.16. The van der Waals surface area contributed by atoms with Crippen LogP contribution in [0.5, 0.6) is 0 Å². The summed E-state index contributed by atoms with van der Waals surface area (Å²) in [5.41, 5.74) is 1.56. The monoisotopic (exact) mass is 436 g/mol. The zero-order valence-corrected chi connectivity index (χ0v) is 17.7. The van der Waals surface area contributed by atoms with Crippen LogP contribution in [0.15, 0.2) is 28.8 Å². The summed E-state index contributed by atoms with van der Waals surface area (Å²) in [5, 5.41) is 8.17. The number of hydrogen-bond acceptors (Lipinski definition) is 8. The molecule has 2 N–H and O–H groups in total. The van der Waals surface area contributed by atoms with E-state index in [9.17, 15) is 9.59 Å². The van der Waals surface area contributed by atoms with Crippen LogP contribution in [-0.4, -0.2) is 28.9 Å². The zero-order valence-electron chi connectivity index (χ0n) is 15.3. The summed E-state index contributed by atoms with van der Waals surface area (Å²) in [6.07, 6.45) is 0. The second-order valence-corrected chi connectivity index (χ2v) is 8.08. The highest BCUT2D eigenvalue weighted by Crippen LogP contribution is 2.37. The molecular formula is C18H17ClN4O3S2. The van der Waals surface area contributed by atoms with Gasteiger partial charge in [-0.3, -0.25) is 14.9 Å². The number of aromatic nitrogens is 2. The first-order valence-corrected chi connectivity index (χ1v) is 9.85. The van der Waals surface area contributed by atoms with Gasteiger partial charge in [-0.15, -0.1) is 35.1 Å². The molecule has 0 fully saturated rings. The van der Waals surface area contributed by atoms with Gasteiger partial charge in [0, 0.05) is 17.6 Å². The molecule has 1 aliphatic heterocycles. The molecule has 0 atom stereocenters. The number of amides is 2. The van der Waals surface area contributed by atoms with Crippen LogP contribution in [0.4, 0.5) is 5.82 Å². The average molecular weight is 437 g/mol. The van der Waals surface area contributed by atoms with E-state index in [4.69, 9.17) is 9.72 Å². The largest absolute Gasteiger partial charge is 0.379 e. The highest BCUT2D eigenvalue weighted by Gasteiger charge is 2.29. The number of thiophene rings is 2. The molecule has 3 aromatic heterocycles. The number of anilines is 1. The summed E-state index contributed by atoms with van der Waals surface area (Å²) in [5.74, 6) is 0.243. The number of ether oxygens (including phenoxy) is 1. The van der Waals surface area contributed by atoms with E-state index in [2.05, 4.69) is 15.6 Å². The van der Waals surface area contributed by atoms with Crippen LogP contribution in [0.3, 0.4) is 0 Å². The van der Waals surface area contributed by atoms with E-state index < -0.39 is 11.8 Å². The Morgan fingerprint density at radius 2 is 2.00 bits per heavy atom. The fourth-order valence-electron chi connectivity index (χ4n) is 2.87. The van der Waals surface area contributed by atoms with E-state index in [0.29, 0.717) is 23.8 Å². The number of methoxy groups -OCH3 is 1. The predicted molar refractivity (Wildman–Crippen MR) is 113 cm³/mol. The summed E-state index contributed by atoms with van der Waals surface area (Å²) < 4.78 is 5.29. The number of hydrogen-bond donors (Lipinski definition) is 2. The Kier molecular flexibility index (Phi) is 5.80. The molecule has 0 radical (unpaired) electrons. The van der Waals surface area contributed by atoms with Gasteiger partial charge < -0.3 is 10.1 Å². The van der Waals surface area contributed by atoms with E-state index in [1.54, 1.807) is 25.4 Å². The maximum Gasteiger partial charge on any atom is 0.275 e. The summed E-state index contributed by atoms with van der Waals surface area (Å²) in [4.78, 5) is 36.1. The minimum atomic E-state index is -0.452. The Hall–Kier alpha value is -2.33. The van der Waals surface area contributed by atoms with Crippen LogP contribution >= 0.6 is 35.1 Å². The number of nitrogens with one attached hydrogen (secondary N) is 2. The Labute approximate surface area is 175 Å². The lowest BCUT2D eigenvalue weighted by Crippen LogP contribution is -2.24. The quantitative estimate of drug-likeness (QED) is 0.593. The molecule has 146 valence electrons. The Balaban J connectivity index is 0.00000225. The molecule has 28 heavy (non-hydrogen) atoms. The van der Waals surface area contributed by atoms with E-state index in [1.807, 2.05) is 24.4 Å². The standard InChI is InChI=1S/C18H16N4O3S2.ClH/c1-8-11(7-25-3)27-18-12(8)15(19-13-9(2)16(23)22-17(13)24)20-14(21-18)10-5-4-6-26-10;/h4-6H,7H2,1-3H3,(H2,19,20,21,22,23,24);1H. The smallest absolute Gasteiger partial charge is 0.275 e. The second-order valence-electron chi connectivity index (χ2n) is 6.04. The number of carbonyl (C=O) groups excluding carboxylic acids is 2. The first-order chi connectivity index (χ1) is 13.0. The highest BCUT2D eigenvalue weighted by molar-refractivity contribution is 7.19. The molecule has 0 aromatic carbocycles. The first kappa shape index (κ1) is 20.4. The van der Waals surface area contributed by atoms with Crippen LogP contribution < -0.4 is 10.6 Å².